The third-order valence-electron chi connectivity index (χ3n) is 2.20. The normalized spacial score (nSPS) is 11.2. The fourth-order valence-corrected chi connectivity index (χ4v) is 1.34. The average Bonchev–Trinajstić information content (AvgIpc) is 2.76. The van der Waals surface area contributed by atoms with Crippen LogP contribution in [0, 0.1) is 0 Å². The predicted octanol–water partition coefficient (Wildman–Crippen LogP) is 6.66. The number of rotatable bonds is 3. The van der Waals surface area contributed by atoms with Crippen molar-refractivity contribution in [1.29, 1.82) is 0 Å². The minimum Gasteiger partial charge on any atom is -0.392 e. The Kier molecular flexibility index (Phi) is 37.5. The van der Waals surface area contributed by atoms with Gasteiger partial charge in [0.2, 0.25) is 0 Å². The van der Waals surface area contributed by atoms with Crippen LogP contribution in [0.4, 0.5) is 0 Å². The van der Waals surface area contributed by atoms with Gasteiger partial charge in [-0.2, -0.15) is 0 Å². The molecular formula is C21H42O2. The summed E-state index contributed by atoms with van der Waals surface area (Å²) in [6.45, 7) is 17.7. The Balaban J connectivity index is -0.000000118. The number of carbonyl (C=O) groups excluding carboxylic acids is 1. The largest absolute Gasteiger partial charge is 0.392 e. The lowest BCUT2D eigenvalue weighted by Gasteiger charge is -1.93. The molecule has 0 amide bonds. The molecule has 0 spiro atoms. The Morgan fingerprint density at radius 2 is 1.52 bits per heavy atom. The van der Waals surface area contributed by atoms with E-state index in [9.17, 15) is 4.79 Å². The monoisotopic (exact) mass is 326 g/mol. The summed E-state index contributed by atoms with van der Waals surface area (Å²) < 4.78 is 0. The average molecular weight is 327 g/mol. The summed E-state index contributed by atoms with van der Waals surface area (Å²) in [5, 5.41) is 8.79. The molecule has 0 fully saturated rings. The number of hydrogen-bond acceptors (Lipinski definition) is 2. The summed E-state index contributed by atoms with van der Waals surface area (Å²) in [4.78, 5) is 9.44. The Morgan fingerprint density at radius 3 is 1.83 bits per heavy atom. The lowest BCUT2D eigenvalue weighted by Crippen LogP contribution is -1.85. The number of carbonyl (C=O) groups is 1. The minimum absolute atomic E-state index is 0.152. The Labute approximate surface area is 146 Å². The molecule has 1 N–H and O–H groups in total. The van der Waals surface area contributed by atoms with Crippen molar-refractivity contribution in [1.82, 2.24) is 0 Å². The van der Waals surface area contributed by atoms with Crippen molar-refractivity contribution >= 4 is 5.78 Å². The van der Waals surface area contributed by atoms with Gasteiger partial charge in [0.25, 0.3) is 0 Å². The highest BCUT2D eigenvalue weighted by atomic mass is 16.3. The molecule has 2 nitrogen and oxygen atoms in total. The maximum atomic E-state index is 9.44. The van der Waals surface area contributed by atoms with Crippen LogP contribution >= 0.6 is 0 Å². The van der Waals surface area contributed by atoms with Crippen molar-refractivity contribution < 1.29 is 9.90 Å². The molecule has 0 heterocycles. The second-order valence-corrected chi connectivity index (χ2v) is 4.73. The zero-order valence-electron chi connectivity index (χ0n) is 17.2. The van der Waals surface area contributed by atoms with Crippen LogP contribution in [-0.2, 0) is 4.79 Å². The molecule has 0 saturated heterocycles. The van der Waals surface area contributed by atoms with Gasteiger partial charge in [0.05, 0.1) is 6.61 Å². The number of Topliss-reactive ketones (excluding diaryl/α,β-unsaturated/α-hetero) is 1. The molecule has 0 aliphatic heterocycles. The number of ketones is 1. The smallest absolute Gasteiger partial charge is 0.126 e. The van der Waals surface area contributed by atoms with Crippen molar-refractivity contribution in [2.75, 3.05) is 6.61 Å². The Hall–Kier alpha value is -1.15. The van der Waals surface area contributed by atoms with Gasteiger partial charge in [-0.3, -0.25) is 0 Å². The van der Waals surface area contributed by atoms with E-state index >= 15 is 0 Å². The second kappa shape index (κ2) is 28.9. The summed E-state index contributed by atoms with van der Waals surface area (Å²) >= 11 is 0. The van der Waals surface area contributed by atoms with Crippen LogP contribution in [0.2, 0.25) is 0 Å². The molecule has 0 unspecified atom stereocenters. The zero-order valence-corrected chi connectivity index (χ0v) is 17.2. The van der Waals surface area contributed by atoms with Gasteiger partial charge in [-0.15, -0.1) is 0 Å². The van der Waals surface area contributed by atoms with Crippen LogP contribution in [0.1, 0.15) is 88.0 Å². The van der Waals surface area contributed by atoms with Crippen LogP contribution in [-0.4, -0.2) is 17.5 Å². The maximum absolute atomic E-state index is 9.44. The summed E-state index contributed by atoms with van der Waals surface area (Å²) in [5.41, 5.74) is 2.22. The number of allylic oxidation sites excluding steroid dienone is 4. The van der Waals surface area contributed by atoms with Crippen LogP contribution in [0.3, 0.4) is 0 Å². The molecule has 1 aliphatic rings. The highest BCUT2D eigenvalue weighted by Gasteiger charge is 1.93. The molecule has 0 aromatic carbocycles. The second-order valence-electron chi connectivity index (χ2n) is 4.73. The molecule has 0 atom stereocenters. The summed E-state index contributed by atoms with van der Waals surface area (Å²) in [6, 6.07) is 0. The molecule has 2 heteroatoms. The van der Waals surface area contributed by atoms with Crippen LogP contribution in [0.5, 0.6) is 0 Å². The van der Waals surface area contributed by atoms with E-state index < -0.39 is 0 Å². The predicted molar refractivity (Wildman–Crippen MR) is 107 cm³/mol. The molecule has 23 heavy (non-hydrogen) atoms. The summed E-state index contributed by atoms with van der Waals surface area (Å²) in [7, 11) is 0. The molecule has 0 aromatic rings. The molecule has 0 saturated carbocycles. The Morgan fingerprint density at radius 1 is 1.09 bits per heavy atom. The topological polar surface area (TPSA) is 37.3 Å². The molecule has 1 aliphatic carbocycles. The third-order valence-corrected chi connectivity index (χ3v) is 2.20. The highest BCUT2D eigenvalue weighted by molar-refractivity contribution is 5.72. The first-order chi connectivity index (χ1) is 11.0. The minimum atomic E-state index is 0.152. The lowest BCUT2D eigenvalue weighted by molar-refractivity contribution is -0.114. The molecule has 1 rings (SSSR count). The first-order valence-corrected chi connectivity index (χ1v) is 9.09. The molecule has 0 radical (unpaired) electrons. The number of aliphatic hydroxyl groups excluding tert-OH is 1. The van der Waals surface area contributed by atoms with Crippen molar-refractivity contribution in [2.24, 2.45) is 0 Å². The lowest BCUT2D eigenvalue weighted by atomic mass is 10.2. The van der Waals surface area contributed by atoms with E-state index in [1.807, 2.05) is 46.8 Å². The fraction of sp³-hybridized carbons (Fsp3) is 0.667. The van der Waals surface area contributed by atoms with Crippen LogP contribution in [0.25, 0.3) is 0 Å². The highest BCUT2D eigenvalue weighted by Crippen LogP contribution is 2.09. The van der Waals surface area contributed by atoms with E-state index in [-0.39, 0.29) is 12.4 Å². The van der Waals surface area contributed by atoms with Gasteiger partial charge in [-0.25, -0.2) is 0 Å². The van der Waals surface area contributed by atoms with Crippen molar-refractivity contribution in [3.63, 3.8) is 0 Å². The third kappa shape index (κ3) is 38.6. The Bertz CT molecular complexity index is 304. The van der Waals surface area contributed by atoms with Crippen molar-refractivity contribution in [3.8, 4) is 0 Å². The molecular weight excluding hydrogens is 284 g/mol. The van der Waals surface area contributed by atoms with E-state index in [4.69, 9.17) is 5.11 Å². The van der Waals surface area contributed by atoms with E-state index in [1.165, 1.54) is 38.7 Å². The molecule has 138 valence electrons. The van der Waals surface area contributed by atoms with Gasteiger partial charge in [0, 0.05) is 0 Å². The van der Waals surface area contributed by atoms with Crippen molar-refractivity contribution in [3.05, 3.63) is 35.5 Å². The first kappa shape index (κ1) is 29.8. The standard InChI is InChI=1S/C9H12O.C5H12.C3H6O.2C2H6/c1-8-4-2-3-5-9(6-8)7-10;1-3-5-4-2;1-3(2)4;2*1-2/h2,4-6,10H,3,7H2,1H3;3-5H2,1-2H3;1-2H3;2*1-2H3. The first-order valence-electron chi connectivity index (χ1n) is 9.09. The summed E-state index contributed by atoms with van der Waals surface area (Å²) in [6.07, 6.45) is 13.2. The molecule has 0 bridgehead atoms. The van der Waals surface area contributed by atoms with Gasteiger partial charge in [0.1, 0.15) is 5.78 Å². The number of hydrogen-bond donors (Lipinski definition) is 1. The van der Waals surface area contributed by atoms with Crippen LogP contribution in [0.15, 0.2) is 35.5 Å². The van der Waals surface area contributed by atoms with E-state index in [1.54, 1.807) is 0 Å². The number of unbranched alkanes of at least 4 members (excludes halogenated alkanes) is 2. The SMILES string of the molecule is CC.CC.CC(C)=O.CC1=CC(CO)=CCC=C1.CCCCC. The maximum Gasteiger partial charge on any atom is 0.126 e. The van der Waals surface area contributed by atoms with Gasteiger partial charge >= 0.3 is 0 Å². The van der Waals surface area contributed by atoms with E-state index in [2.05, 4.69) is 26.0 Å². The van der Waals surface area contributed by atoms with Crippen LogP contribution < -0.4 is 0 Å². The molecule has 0 aromatic heterocycles. The summed E-state index contributed by atoms with van der Waals surface area (Å²) in [5.74, 6) is 0.167. The van der Waals surface area contributed by atoms with E-state index in [0.29, 0.717) is 0 Å². The quantitative estimate of drug-likeness (QED) is 0.630. The number of aliphatic hydroxyl groups is 1. The van der Waals surface area contributed by atoms with Gasteiger partial charge in [-0.05, 0) is 32.8 Å². The van der Waals surface area contributed by atoms with Gasteiger partial charge in [-0.1, -0.05) is 90.7 Å². The van der Waals surface area contributed by atoms with Gasteiger partial charge in [0.15, 0.2) is 0 Å². The fourth-order valence-electron chi connectivity index (χ4n) is 1.34. The van der Waals surface area contributed by atoms with Crippen molar-refractivity contribution in [2.45, 2.75) is 88.0 Å². The van der Waals surface area contributed by atoms with Gasteiger partial charge < -0.3 is 9.90 Å². The van der Waals surface area contributed by atoms with E-state index in [0.717, 1.165) is 12.0 Å². The zero-order chi connectivity index (χ0) is 19.1.